The van der Waals surface area contributed by atoms with E-state index in [1.165, 1.54) is 6.07 Å². The highest BCUT2D eigenvalue weighted by Gasteiger charge is 2.35. The van der Waals surface area contributed by atoms with E-state index >= 15 is 0 Å². The predicted octanol–water partition coefficient (Wildman–Crippen LogP) is 4.00. The van der Waals surface area contributed by atoms with Crippen LogP contribution < -0.4 is 5.32 Å². The maximum absolute atomic E-state index is 12.9. The summed E-state index contributed by atoms with van der Waals surface area (Å²) in [6, 6.07) is 3.46. The van der Waals surface area contributed by atoms with Crippen molar-refractivity contribution >= 4 is 21.8 Å². The number of alkyl halides is 3. The molecule has 0 saturated carbocycles. The molecule has 108 valence electrons. The van der Waals surface area contributed by atoms with Crippen molar-refractivity contribution in [2.24, 2.45) is 0 Å². The Labute approximate surface area is 123 Å². The summed E-state index contributed by atoms with van der Waals surface area (Å²) >= 11 is 2.97. The molecule has 0 heterocycles. The Kier molecular flexibility index (Phi) is 6.08. The van der Waals surface area contributed by atoms with Crippen LogP contribution in [0.4, 0.5) is 13.2 Å². The molecule has 0 bridgehead atoms. The van der Waals surface area contributed by atoms with Crippen LogP contribution in [-0.2, 0) is 6.18 Å². The van der Waals surface area contributed by atoms with E-state index in [0.29, 0.717) is 19.4 Å². The smallest absolute Gasteiger partial charge is 0.352 e. The summed E-state index contributed by atoms with van der Waals surface area (Å²) in [7, 11) is 0. The number of benzene rings is 1. The van der Waals surface area contributed by atoms with Crippen molar-refractivity contribution in [2.45, 2.75) is 25.4 Å². The molecule has 0 spiro atoms. The second-order valence-corrected chi connectivity index (χ2v) is 5.02. The summed E-state index contributed by atoms with van der Waals surface area (Å²) in [5, 5.41) is 2.47. The van der Waals surface area contributed by atoms with Crippen LogP contribution in [0.2, 0.25) is 0 Å². The molecule has 1 aromatic rings. The maximum atomic E-state index is 12.9. The van der Waals surface area contributed by atoms with Gasteiger partial charge in [-0.05, 0) is 31.0 Å². The standard InChI is InChI=1S/C14H13BrF3NO/c1-2-3-4-5-8-19-13(20)11-7-6-10(15)9-12(11)14(16,17)18/h1,6-7,9H,3-5,8H2,(H,19,20). The van der Waals surface area contributed by atoms with Crippen LogP contribution in [0, 0.1) is 12.3 Å². The van der Waals surface area contributed by atoms with E-state index in [1.54, 1.807) is 0 Å². The number of hydrogen-bond donors (Lipinski definition) is 1. The van der Waals surface area contributed by atoms with Crippen LogP contribution in [0.15, 0.2) is 22.7 Å². The van der Waals surface area contributed by atoms with Crippen molar-refractivity contribution in [2.75, 3.05) is 6.54 Å². The Hall–Kier alpha value is -1.48. The normalized spacial score (nSPS) is 10.9. The lowest BCUT2D eigenvalue weighted by Crippen LogP contribution is -2.27. The van der Waals surface area contributed by atoms with Gasteiger partial charge in [0.1, 0.15) is 0 Å². The summed E-state index contributed by atoms with van der Waals surface area (Å²) in [6.07, 6.45) is 2.45. The quantitative estimate of drug-likeness (QED) is 0.633. The molecule has 2 nitrogen and oxygen atoms in total. The van der Waals surface area contributed by atoms with Crippen molar-refractivity contribution in [1.29, 1.82) is 0 Å². The topological polar surface area (TPSA) is 29.1 Å². The minimum atomic E-state index is -4.57. The molecule has 1 rings (SSSR count). The van der Waals surface area contributed by atoms with E-state index in [2.05, 4.69) is 27.2 Å². The predicted molar refractivity (Wildman–Crippen MR) is 74.2 cm³/mol. The lowest BCUT2D eigenvalue weighted by Gasteiger charge is -2.13. The van der Waals surface area contributed by atoms with E-state index in [4.69, 9.17) is 6.42 Å². The first-order valence-electron chi connectivity index (χ1n) is 5.94. The van der Waals surface area contributed by atoms with Gasteiger partial charge in [0.05, 0.1) is 11.1 Å². The molecular weight excluding hydrogens is 335 g/mol. The van der Waals surface area contributed by atoms with E-state index in [9.17, 15) is 18.0 Å². The highest BCUT2D eigenvalue weighted by molar-refractivity contribution is 9.10. The molecule has 0 aliphatic heterocycles. The average Bonchev–Trinajstić information content (AvgIpc) is 2.37. The zero-order chi connectivity index (χ0) is 15.2. The van der Waals surface area contributed by atoms with E-state index in [1.807, 2.05) is 0 Å². The van der Waals surface area contributed by atoms with Crippen molar-refractivity contribution in [3.05, 3.63) is 33.8 Å². The van der Waals surface area contributed by atoms with Crippen LogP contribution in [0.1, 0.15) is 35.2 Å². The summed E-state index contributed by atoms with van der Waals surface area (Å²) in [5.41, 5.74) is -1.33. The van der Waals surface area contributed by atoms with Gasteiger partial charge in [-0.2, -0.15) is 13.2 Å². The van der Waals surface area contributed by atoms with Gasteiger partial charge in [-0.3, -0.25) is 4.79 Å². The maximum Gasteiger partial charge on any atom is 0.417 e. The molecule has 0 aliphatic carbocycles. The number of halogens is 4. The summed E-state index contributed by atoms with van der Waals surface area (Å²) in [4.78, 5) is 11.8. The molecule has 0 aromatic heterocycles. The minimum absolute atomic E-state index is 0.274. The van der Waals surface area contributed by atoms with Crippen molar-refractivity contribution in [3.63, 3.8) is 0 Å². The Balaban J connectivity index is 2.76. The number of nitrogens with one attached hydrogen (secondary N) is 1. The van der Waals surface area contributed by atoms with Crippen LogP contribution in [0.25, 0.3) is 0 Å². The molecule has 0 atom stereocenters. The average molecular weight is 348 g/mol. The lowest BCUT2D eigenvalue weighted by atomic mass is 10.1. The number of unbranched alkanes of at least 4 members (excludes halogenated alkanes) is 2. The molecule has 0 unspecified atom stereocenters. The zero-order valence-corrected chi connectivity index (χ0v) is 12.1. The summed E-state index contributed by atoms with van der Waals surface area (Å²) in [5.74, 6) is 1.73. The lowest BCUT2D eigenvalue weighted by molar-refractivity contribution is -0.138. The Bertz CT molecular complexity index is 520. The molecular formula is C14H13BrF3NO. The van der Waals surface area contributed by atoms with Gasteiger partial charge < -0.3 is 5.32 Å². The second kappa shape index (κ2) is 7.34. The minimum Gasteiger partial charge on any atom is -0.352 e. The van der Waals surface area contributed by atoms with E-state index < -0.39 is 17.6 Å². The fourth-order valence-electron chi connectivity index (χ4n) is 1.60. The van der Waals surface area contributed by atoms with Gasteiger partial charge >= 0.3 is 6.18 Å². The van der Waals surface area contributed by atoms with Crippen LogP contribution >= 0.6 is 15.9 Å². The van der Waals surface area contributed by atoms with Gasteiger partial charge in [-0.25, -0.2) is 0 Å². The SMILES string of the molecule is C#CCCCCNC(=O)c1ccc(Br)cc1C(F)(F)F. The molecule has 0 radical (unpaired) electrons. The zero-order valence-electron chi connectivity index (χ0n) is 10.6. The number of terminal acetylenes is 1. The summed E-state index contributed by atoms with van der Waals surface area (Å²) < 4.78 is 38.8. The number of carbonyl (C=O) groups is 1. The first-order valence-corrected chi connectivity index (χ1v) is 6.74. The Morgan fingerprint density at radius 2 is 2.05 bits per heavy atom. The van der Waals surface area contributed by atoms with Gasteiger partial charge in [0.2, 0.25) is 0 Å². The molecule has 1 amide bonds. The summed E-state index contributed by atoms with van der Waals surface area (Å²) in [6.45, 7) is 0.299. The van der Waals surface area contributed by atoms with Crippen LogP contribution in [-0.4, -0.2) is 12.5 Å². The molecule has 0 fully saturated rings. The third-order valence-electron chi connectivity index (χ3n) is 2.57. The molecule has 0 aliphatic rings. The fraction of sp³-hybridized carbons (Fsp3) is 0.357. The van der Waals surface area contributed by atoms with Crippen LogP contribution in [0.3, 0.4) is 0 Å². The number of amides is 1. The number of rotatable bonds is 5. The van der Waals surface area contributed by atoms with Crippen molar-refractivity contribution < 1.29 is 18.0 Å². The molecule has 1 N–H and O–H groups in total. The third kappa shape index (κ3) is 4.89. The second-order valence-electron chi connectivity index (χ2n) is 4.10. The van der Waals surface area contributed by atoms with E-state index in [-0.39, 0.29) is 10.0 Å². The Morgan fingerprint density at radius 1 is 1.35 bits per heavy atom. The fourth-order valence-corrected chi connectivity index (χ4v) is 1.96. The first-order chi connectivity index (χ1) is 9.36. The first kappa shape index (κ1) is 16.6. The number of carbonyl (C=O) groups excluding carboxylic acids is 1. The van der Waals surface area contributed by atoms with Gasteiger partial charge in [-0.1, -0.05) is 15.9 Å². The molecule has 1 aromatic carbocycles. The highest BCUT2D eigenvalue weighted by atomic mass is 79.9. The Morgan fingerprint density at radius 3 is 2.65 bits per heavy atom. The monoisotopic (exact) mass is 347 g/mol. The third-order valence-corrected chi connectivity index (χ3v) is 3.06. The van der Waals surface area contributed by atoms with Gasteiger partial charge in [-0.15, -0.1) is 12.3 Å². The molecule has 20 heavy (non-hydrogen) atoms. The largest absolute Gasteiger partial charge is 0.417 e. The van der Waals surface area contributed by atoms with Gasteiger partial charge in [0, 0.05) is 17.4 Å². The highest BCUT2D eigenvalue weighted by Crippen LogP contribution is 2.33. The van der Waals surface area contributed by atoms with Crippen LogP contribution in [0.5, 0.6) is 0 Å². The van der Waals surface area contributed by atoms with Crippen molar-refractivity contribution in [3.8, 4) is 12.3 Å². The molecule has 6 heteroatoms. The van der Waals surface area contributed by atoms with Gasteiger partial charge in [0.15, 0.2) is 0 Å². The van der Waals surface area contributed by atoms with E-state index in [0.717, 1.165) is 18.6 Å². The van der Waals surface area contributed by atoms with Gasteiger partial charge in [0.25, 0.3) is 5.91 Å². The van der Waals surface area contributed by atoms with Crippen molar-refractivity contribution in [1.82, 2.24) is 5.32 Å². The molecule has 0 saturated heterocycles. The number of hydrogen-bond acceptors (Lipinski definition) is 1.